The summed E-state index contributed by atoms with van der Waals surface area (Å²) in [6.07, 6.45) is -7.07. The van der Waals surface area contributed by atoms with Gasteiger partial charge in [0.1, 0.15) is 0 Å². The van der Waals surface area contributed by atoms with Crippen LogP contribution in [0.5, 0.6) is 0 Å². The predicted molar refractivity (Wildman–Crippen MR) is 41.8 cm³/mol. The van der Waals surface area contributed by atoms with E-state index in [1.807, 2.05) is 0 Å². The van der Waals surface area contributed by atoms with Crippen LogP contribution < -0.4 is 0 Å². The molecule has 0 aromatic rings. The molecule has 0 aromatic heterocycles. The normalized spacial score (nSPS) is 13.3. The predicted octanol–water partition coefficient (Wildman–Crippen LogP) is 3.22. The third-order valence-electron chi connectivity index (χ3n) is 1.42. The van der Waals surface area contributed by atoms with Gasteiger partial charge in [-0.15, -0.1) is 11.6 Å². The second kappa shape index (κ2) is 5.70. The lowest BCUT2D eigenvalue weighted by molar-refractivity contribution is -0.285. The molecule has 14 heavy (non-hydrogen) atoms. The van der Waals surface area contributed by atoms with Crippen molar-refractivity contribution >= 4 is 11.6 Å². The Balaban J connectivity index is 3.67. The minimum absolute atomic E-state index is 0.140. The zero-order chi connectivity index (χ0) is 11.2. The molecule has 7 heteroatoms. The van der Waals surface area contributed by atoms with Gasteiger partial charge in [0.25, 0.3) is 0 Å². The summed E-state index contributed by atoms with van der Waals surface area (Å²) in [7, 11) is 0. The van der Waals surface area contributed by atoms with Crippen LogP contribution in [0, 0.1) is 0 Å². The summed E-state index contributed by atoms with van der Waals surface area (Å²) in [4.78, 5) is 0. The second-order valence-electron chi connectivity index (χ2n) is 2.61. The average Bonchev–Trinajstić information content (AvgIpc) is 2.02. The second-order valence-corrected chi connectivity index (χ2v) is 2.99. The van der Waals surface area contributed by atoms with Crippen molar-refractivity contribution in [2.45, 2.75) is 24.9 Å². The monoisotopic (exact) mass is 240 g/mol. The van der Waals surface area contributed by atoms with Crippen molar-refractivity contribution in [1.29, 1.82) is 0 Å². The molecule has 0 aliphatic heterocycles. The lowest BCUT2D eigenvalue weighted by atomic mass is 10.2. The number of hydrogen-bond donors (Lipinski definition) is 0. The van der Waals surface area contributed by atoms with Crippen molar-refractivity contribution in [3.63, 3.8) is 0 Å². The molecule has 0 spiro atoms. The molecular formula is C7H10ClF5O. The third kappa shape index (κ3) is 4.95. The van der Waals surface area contributed by atoms with Gasteiger partial charge >= 0.3 is 12.1 Å². The molecule has 0 fully saturated rings. The van der Waals surface area contributed by atoms with E-state index in [4.69, 9.17) is 11.6 Å². The molecular weight excluding hydrogens is 231 g/mol. The first-order chi connectivity index (χ1) is 6.31. The summed E-state index contributed by atoms with van der Waals surface area (Å²) in [6.45, 7) is 0.0114. The molecule has 0 heterocycles. The Morgan fingerprint density at radius 1 is 1.00 bits per heavy atom. The molecule has 0 amide bonds. The summed E-state index contributed by atoms with van der Waals surface area (Å²) in [6, 6.07) is 0. The molecule has 0 bridgehead atoms. The van der Waals surface area contributed by atoms with Gasteiger partial charge in [-0.1, -0.05) is 0 Å². The number of halogens is 6. The summed E-state index contributed by atoms with van der Waals surface area (Å²) in [5.41, 5.74) is 0. The lowest BCUT2D eigenvalue weighted by Crippen LogP contribution is -2.36. The number of ether oxygens (including phenoxy) is 1. The minimum atomic E-state index is -5.47. The van der Waals surface area contributed by atoms with Gasteiger partial charge in [-0.25, -0.2) is 0 Å². The van der Waals surface area contributed by atoms with E-state index in [0.717, 1.165) is 0 Å². The fourth-order valence-electron chi connectivity index (χ4n) is 0.695. The third-order valence-corrected chi connectivity index (χ3v) is 1.57. The number of rotatable bonds is 6. The molecule has 0 aliphatic carbocycles. The first-order valence-corrected chi connectivity index (χ1v) is 4.43. The van der Waals surface area contributed by atoms with Crippen LogP contribution in [0.3, 0.4) is 0 Å². The van der Waals surface area contributed by atoms with Crippen LogP contribution >= 0.6 is 11.6 Å². The Hall–Kier alpha value is -0.100. The van der Waals surface area contributed by atoms with E-state index in [-0.39, 0.29) is 25.5 Å². The highest BCUT2D eigenvalue weighted by Crippen LogP contribution is 2.38. The lowest BCUT2D eigenvalue weighted by Gasteiger charge is -2.19. The topological polar surface area (TPSA) is 9.23 Å². The minimum Gasteiger partial charge on any atom is -0.380 e. The molecule has 0 radical (unpaired) electrons. The van der Waals surface area contributed by atoms with E-state index in [2.05, 4.69) is 4.74 Å². The SMILES string of the molecule is FC(F)(F)C(F)(F)CCCOCCCl. The van der Waals surface area contributed by atoms with E-state index in [1.165, 1.54) is 0 Å². The number of alkyl halides is 6. The zero-order valence-corrected chi connectivity index (χ0v) is 7.97. The maximum Gasteiger partial charge on any atom is 0.453 e. The molecule has 0 atom stereocenters. The van der Waals surface area contributed by atoms with Crippen molar-refractivity contribution in [2.75, 3.05) is 19.1 Å². The molecule has 1 nitrogen and oxygen atoms in total. The molecule has 0 aliphatic rings. The Morgan fingerprint density at radius 2 is 1.57 bits per heavy atom. The van der Waals surface area contributed by atoms with Crippen molar-refractivity contribution in [3.8, 4) is 0 Å². The molecule has 0 saturated carbocycles. The smallest absolute Gasteiger partial charge is 0.380 e. The van der Waals surface area contributed by atoms with Gasteiger partial charge < -0.3 is 4.74 Å². The van der Waals surface area contributed by atoms with E-state index in [9.17, 15) is 22.0 Å². The summed E-state index contributed by atoms with van der Waals surface area (Å²) in [5, 5.41) is 0. The Labute approximate surface area is 83.2 Å². The van der Waals surface area contributed by atoms with Crippen molar-refractivity contribution in [3.05, 3.63) is 0 Å². The van der Waals surface area contributed by atoms with Crippen LogP contribution in [0.4, 0.5) is 22.0 Å². The Morgan fingerprint density at radius 3 is 2.00 bits per heavy atom. The van der Waals surface area contributed by atoms with Gasteiger partial charge in [-0.2, -0.15) is 22.0 Å². The van der Waals surface area contributed by atoms with Crippen LogP contribution in [0.25, 0.3) is 0 Å². The fraction of sp³-hybridized carbons (Fsp3) is 1.00. The first kappa shape index (κ1) is 13.9. The van der Waals surface area contributed by atoms with Gasteiger partial charge in [0.2, 0.25) is 0 Å². The largest absolute Gasteiger partial charge is 0.453 e. The molecule has 0 aromatic carbocycles. The van der Waals surface area contributed by atoms with Gasteiger partial charge in [0, 0.05) is 18.9 Å². The van der Waals surface area contributed by atoms with E-state index < -0.39 is 18.5 Å². The average molecular weight is 241 g/mol. The van der Waals surface area contributed by atoms with E-state index >= 15 is 0 Å². The standard InChI is InChI=1S/C7H10ClF5O/c8-3-5-14-4-1-2-6(9,10)7(11,12)13/h1-5H2. The molecule has 0 rings (SSSR count). The van der Waals surface area contributed by atoms with Crippen LogP contribution in [0.1, 0.15) is 12.8 Å². The van der Waals surface area contributed by atoms with Crippen LogP contribution in [0.15, 0.2) is 0 Å². The maximum absolute atomic E-state index is 12.2. The van der Waals surface area contributed by atoms with Crippen LogP contribution in [-0.2, 0) is 4.74 Å². The van der Waals surface area contributed by atoms with Gasteiger partial charge in [0.15, 0.2) is 0 Å². The van der Waals surface area contributed by atoms with Crippen molar-refractivity contribution in [1.82, 2.24) is 0 Å². The Bertz CT molecular complexity index is 159. The van der Waals surface area contributed by atoms with Crippen molar-refractivity contribution in [2.24, 2.45) is 0 Å². The van der Waals surface area contributed by atoms with Gasteiger partial charge in [-0.3, -0.25) is 0 Å². The van der Waals surface area contributed by atoms with Gasteiger partial charge in [0.05, 0.1) is 6.61 Å². The zero-order valence-electron chi connectivity index (χ0n) is 7.21. The molecule has 0 N–H and O–H groups in total. The maximum atomic E-state index is 12.2. The highest BCUT2D eigenvalue weighted by Gasteiger charge is 2.56. The number of hydrogen-bond acceptors (Lipinski definition) is 1. The highest BCUT2D eigenvalue weighted by atomic mass is 35.5. The summed E-state index contributed by atoms with van der Waals surface area (Å²) in [5.74, 6) is -4.44. The first-order valence-electron chi connectivity index (χ1n) is 3.89. The summed E-state index contributed by atoms with van der Waals surface area (Å²) >= 11 is 5.19. The van der Waals surface area contributed by atoms with Crippen LogP contribution in [0.2, 0.25) is 0 Å². The molecule has 0 unspecified atom stereocenters. The van der Waals surface area contributed by atoms with Crippen LogP contribution in [-0.4, -0.2) is 31.2 Å². The molecule has 86 valence electrons. The fourth-order valence-corrected chi connectivity index (χ4v) is 0.804. The summed E-state index contributed by atoms with van der Waals surface area (Å²) < 4.78 is 63.9. The van der Waals surface area contributed by atoms with Crippen molar-refractivity contribution < 1.29 is 26.7 Å². The van der Waals surface area contributed by atoms with E-state index in [0.29, 0.717) is 0 Å². The quantitative estimate of drug-likeness (QED) is 0.394. The Kier molecular flexibility index (Phi) is 5.66. The van der Waals surface area contributed by atoms with Gasteiger partial charge in [-0.05, 0) is 6.42 Å². The van der Waals surface area contributed by atoms with E-state index in [1.54, 1.807) is 0 Å². The highest BCUT2D eigenvalue weighted by molar-refractivity contribution is 6.17. The molecule has 0 saturated heterocycles.